The molecule has 0 aliphatic heterocycles. The number of hydrogen-bond acceptors (Lipinski definition) is 3. The van der Waals surface area contributed by atoms with E-state index >= 15 is 0 Å². The Morgan fingerprint density at radius 3 is 2.31 bits per heavy atom. The maximum atomic E-state index is 8.80. The molecule has 0 saturated carbocycles. The Morgan fingerprint density at radius 2 is 1.85 bits per heavy atom. The zero-order valence-electron chi connectivity index (χ0n) is 7.55. The largest absolute Gasteiger partial charge is 0.397 e. The smallest absolute Gasteiger partial charge is 0.102 e. The van der Waals surface area contributed by atoms with Gasteiger partial charge in [-0.25, -0.2) is 0 Å². The summed E-state index contributed by atoms with van der Waals surface area (Å²) < 4.78 is 0. The zero-order valence-corrected chi connectivity index (χ0v) is 7.55. The molecule has 0 atom stereocenters. The Morgan fingerprint density at radius 1 is 1.23 bits per heavy atom. The molecule has 2 N–H and O–H groups in total. The SMILES string of the molecule is Cc1cc(C#N)c(N)c(C#N)c1C. The van der Waals surface area contributed by atoms with Crippen LogP contribution in [0.4, 0.5) is 5.69 Å². The quantitative estimate of drug-likeness (QED) is 0.603. The van der Waals surface area contributed by atoms with Crippen LogP contribution in [0.2, 0.25) is 0 Å². The van der Waals surface area contributed by atoms with Gasteiger partial charge in [0.1, 0.15) is 12.1 Å². The first kappa shape index (κ1) is 9.09. The molecule has 0 spiro atoms. The number of benzene rings is 1. The minimum Gasteiger partial charge on any atom is -0.397 e. The van der Waals surface area contributed by atoms with Gasteiger partial charge in [0.2, 0.25) is 0 Å². The third-order valence-corrected chi connectivity index (χ3v) is 2.12. The van der Waals surface area contributed by atoms with E-state index in [0.29, 0.717) is 11.1 Å². The van der Waals surface area contributed by atoms with Gasteiger partial charge in [0, 0.05) is 0 Å². The van der Waals surface area contributed by atoms with Crippen LogP contribution in [0.25, 0.3) is 0 Å². The molecule has 0 fully saturated rings. The lowest BCUT2D eigenvalue weighted by Crippen LogP contribution is -1.99. The molecule has 13 heavy (non-hydrogen) atoms. The Kier molecular flexibility index (Phi) is 2.21. The normalized spacial score (nSPS) is 8.92. The number of nitrogens with two attached hydrogens (primary N) is 1. The van der Waals surface area contributed by atoms with E-state index in [-0.39, 0.29) is 5.69 Å². The van der Waals surface area contributed by atoms with E-state index < -0.39 is 0 Å². The topological polar surface area (TPSA) is 73.6 Å². The molecule has 0 unspecified atom stereocenters. The molecular weight excluding hydrogens is 162 g/mol. The molecular formula is C10H9N3. The van der Waals surface area contributed by atoms with Crippen LogP contribution in [0.1, 0.15) is 22.3 Å². The van der Waals surface area contributed by atoms with E-state index in [1.54, 1.807) is 6.07 Å². The molecule has 3 heteroatoms. The summed E-state index contributed by atoms with van der Waals surface area (Å²) in [5.41, 5.74) is 8.47. The zero-order chi connectivity index (χ0) is 10.0. The first-order valence-corrected chi connectivity index (χ1v) is 3.81. The summed E-state index contributed by atoms with van der Waals surface area (Å²) in [5, 5.41) is 17.5. The summed E-state index contributed by atoms with van der Waals surface area (Å²) in [6, 6.07) is 5.66. The highest BCUT2D eigenvalue weighted by Gasteiger charge is 2.09. The predicted molar refractivity (Wildman–Crippen MR) is 49.8 cm³/mol. The maximum Gasteiger partial charge on any atom is 0.102 e. The number of nitriles is 2. The average Bonchev–Trinajstić information content (AvgIpc) is 2.12. The summed E-state index contributed by atoms with van der Waals surface area (Å²) >= 11 is 0. The second kappa shape index (κ2) is 3.16. The Hall–Kier alpha value is -2.00. The standard InChI is InChI=1S/C10H9N3/c1-6-3-8(4-11)10(13)9(5-12)7(6)2/h3H,13H2,1-2H3. The molecule has 0 saturated heterocycles. The van der Waals surface area contributed by atoms with Crippen molar-refractivity contribution in [3.8, 4) is 12.1 Å². The molecule has 1 aromatic carbocycles. The number of rotatable bonds is 0. The van der Waals surface area contributed by atoms with Gasteiger partial charge in [0.05, 0.1) is 16.8 Å². The lowest BCUT2D eigenvalue weighted by atomic mass is 9.98. The van der Waals surface area contributed by atoms with Crippen LogP contribution in [0.3, 0.4) is 0 Å². The number of nitrogen functional groups attached to an aromatic ring is 1. The summed E-state index contributed by atoms with van der Waals surface area (Å²) in [7, 11) is 0. The van der Waals surface area contributed by atoms with Crippen molar-refractivity contribution in [2.75, 3.05) is 5.73 Å². The van der Waals surface area contributed by atoms with Crippen LogP contribution in [0.5, 0.6) is 0 Å². The minimum atomic E-state index is 0.285. The average molecular weight is 171 g/mol. The maximum absolute atomic E-state index is 8.80. The van der Waals surface area contributed by atoms with Crippen molar-refractivity contribution in [1.29, 1.82) is 10.5 Å². The summed E-state index contributed by atoms with van der Waals surface area (Å²) in [6.07, 6.45) is 0. The molecule has 64 valence electrons. The predicted octanol–water partition coefficient (Wildman–Crippen LogP) is 1.63. The van der Waals surface area contributed by atoms with Crippen LogP contribution in [-0.4, -0.2) is 0 Å². The second-order valence-corrected chi connectivity index (χ2v) is 2.88. The third-order valence-electron chi connectivity index (χ3n) is 2.12. The van der Waals surface area contributed by atoms with Crippen molar-refractivity contribution < 1.29 is 0 Å². The van der Waals surface area contributed by atoms with Crippen LogP contribution in [0, 0.1) is 36.5 Å². The van der Waals surface area contributed by atoms with E-state index in [9.17, 15) is 0 Å². The van der Waals surface area contributed by atoms with Gasteiger partial charge in [-0.1, -0.05) is 0 Å². The fourth-order valence-corrected chi connectivity index (χ4v) is 1.17. The molecule has 1 rings (SSSR count). The molecule has 0 aliphatic carbocycles. The molecule has 0 aliphatic rings. The van der Waals surface area contributed by atoms with Crippen molar-refractivity contribution in [2.24, 2.45) is 0 Å². The number of nitrogens with zero attached hydrogens (tertiary/aromatic N) is 2. The van der Waals surface area contributed by atoms with E-state index in [0.717, 1.165) is 11.1 Å². The van der Waals surface area contributed by atoms with E-state index in [4.69, 9.17) is 16.3 Å². The number of aryl methyl sites for hydroxylation is 1. The molecule has 0 aromatic heterocycles. The Balaban J connectivity index is 3.63. The monoisotopic (exact) mass is 171 g/mol. The minimum absolute atomic E-state index is 0.285. The Labute approximate surface area is 77.0 Å². The van der Waals surface area contributed by atoms with Gasteiger partial charge in [-0.3, -0.25) is 0 Å². The highest BCUT2D eigenvalue weighted by molar-refractivity contribution is 5.67. The number of anilines is 1. The fourth-order valence-electron chi connectivity index (χ4n) is 1.17. The molecule has 1 aromatic rings. The van der Waals surface area contributed by atoms with Crippen molar-refractivity contribution in [1.82, 2.24) is 0 Å². The van der Waals surface area contributed by atoms with Crippen molar-refractivity contribution >= 4 is 5.69 Å². The molecule has 0 bridgehead atoms. The number of hydrogen-bond donors (Lipinski definition) is 1. The summed E-state index contributed by atoms with van der Waals surface area (Å²) in [5.74, 6) is 0. The second-order valence-electron chi connectivity index (χ2n) is 2.88. The first-order chi connectivity index (χ1) is 6.11. The Bertz CT molecular complexity index is 433. The van der Waals surface area contributed by atoms with E-state index in [1.807, 2.05) is 26.0 Å². The first-order valence-electron chi connectivity index (χ1n) is 3.81. The molecule has 0 amide bonds. The molecule has 0 heterocycles. The molecule has 3 nitrogen and oxygen atoms in total. The van der Waals surface area contributed by atoms with Gasteiger partial charge < -0.3 is 5.73 Å². The van der Waals surface area contributed by atoms with Gasteiger partial charge in [-0.2, -0.15) is 10.5 Å². The van der Waals surface area contributed by atoms with E-state index in [2.05, 4.69) is 0 Å². The van der Waals surface area contributed by atoms with Gasteiger partial charge >= 0.3 is 0 Å². The lowest BCUT2D eigenvalue weighted by Gasteiger charge is -2.06. The van der Waals surface area contributed by atoms with Crippen molar-refractivity contribution in [3.05, 3.63) is 28.3 Å². The van der Waals surface area contributed by atoms with Crippen LogP contribution in [-0.2, 0) is 0 Å². The third kappa shape index (κ3) is 1.32. The summed E-state index contributed by atoms with van der Waals surface area (Å²) in [6.45, 7) is 3.68. The van der Waals surface area contributed by atoms with Crippen LogP contribution in [0.15, 0.2) is 6.07 Å². The van der Waals surface area contributed by atoms with Crippen LogP contribution >= 0.6 is 0 Å². The summed E-state index contributed by atoms with van der Waals surface area (Å²) in [4.78, 5) is 0. The van der Waals surface area contributed by atoms with Crippen molar-refractivity contribution in [2.45, 2.75) is 13.8 Å². The fraction of sp³-hybridized carbons (Fsp3) is 0.200. The van der Waals surface area contributed by atoms with Gasteiger partial charge in [-0.05, 0) is 31.0 Å². The van der Waals surface area contributed by atoms with Gasteiger partial charge in [-0.15, -0.1) is 0 Å². The highest BCUT2D eigenvalue weighted by Crippen LogP contribution is 2.23. The van der Waals surface area contributed by atoms with Crippen molar-refractivity contribution in [3.63, 3.8) is 0 Å². The van der Waals surface area contributed by atoms with Crippen LogP contribution < -0.4 is 5.73 Å². The van der Waals surface area contributed by atoms with Gasteiger partial charge in [0.15, 0.2) is 0 Å². The highest BCUT2D eigenvalue weighted by atomic mass is 14.6. The van der Waals surface area contributed by atoms with Gasteiger partial charge in [0.25, 0.3) is 0 Å². The lowest BCUT2D eigenvalue weighted by molar-refractivity contribution is 1.29. The molecule has 0 radical (unpaired) electrons. The van der Waals surface area contributed by atoms with E-state index in [1.165, 1.54) is 0 Å².